The fourth-order valence-electron chi connectivity index (χ4n) is 12.4. The van der Waals surface area contributed by atoms with Crippen LogP contribution in [0.4, 0.5) is 17.1 Å². The Balaban J connectivity index is 0.938. The standard InChI is InChI=1S/C67H42N2S/c1-2-17-45(18-3-1)69-59-30-12-7-22-53(59)64-48(24-14-31-60(64)69)43-35-39-46(40-36-43)68(47-41-37-44(38-42-47)49-25-15-34-63-65(49)54-23-8-13-33-62(54)70-63)61-32-16-29-58-66(61)52-21-6-11-28-57(52)67(58)55-26-9-4-19-50(55)51-20-5-10-27-56(51)67/h1-42H. The Labute approximate surface area is 410 Å². The van der Waals surface area contributed by atoms with Crippen LogP contribution in [0.25, 0.3) is 92.2 Å². The van der Waals surface area contributed by atoms with Gasteiger partial charge in [-0.1, -0.05) is 188 Å². The summed E-state index contributed by atoms with van der Waals surface area (Å²) in [7, 11) is 0. The summed E-state index contributed by atoms with van der Waals surface area (Å²) < 4.78 is 5.03. The number of hydrogen-bond donors (Lipinski definition) is 0. The van der Waals surface area contributed by atoms with E-state index in [2.05, 4.69) is 264 Å². The molecule has 0 unspecified atom stereocenters. The van der Waals surface area contributed by atoms with Crippen molar-refractivity contribution < 1.29 is 0 Å². The summed E-state index contributed by atoms with van der Waals surface area (Å²) in [5.41, 5.74) is 21.8. The van der Waals surface area contributed by atoms with Gasteiger partial charge < -0.3 is 9.47 Å². The number of fused-ring (bicyclic) bond motifs is 16. The Morgan fingerprint density at radius 3 is 1.51 bits per heavy atom. The third kappa shape index (κ3) is 5.44. The van der Waals surface area contributed by atoms with E-state index in [0.717, 1.165) is 22.7 Å². The number of para-hydroxylation sites is 2. The fraction of sp³-hybridized carbons (Fsp3) is 0.0149. The molecule has 3 heteroatoms. The molecular weight excluding hydrogens is 865 g/mol. The second-order valence-corrected chi connectivity index (χ2v) is 19.8. The van der Waals surface area contributed by atoms with Crippen molar-refractivity contribution in [3.8, 4) is 50.2 Å². The van der Waals surface area contributed by atoms with Gasteiger partial charge in [-0.3, -0.25) is 0 Å². The lowest BCUT2D eigenvalue weighted by molar-refractivity contribution is 0.794. The minimum absolute atomic E-state index is 0.450. The lowest BCUT2D eigenvalue weighted by Gasteiger charge is -2.32. The molecule has 70 heavy (non-hydrogen) atoms. The Morgan fingerprint density at radius 2 is 0.814 bits per heavy atom. The smallest absolute Gasteiger partial charge is 0.0726 e. The fourth-order valence-corrected chi connectivity index (χ4v) is 13.6. The van der Waals surface area contributed by atoms with Gasteiger partial charge in [-0.25, -0.2) is 0 Å². The van der Waals surface area contributed by atoms with Crippen LogP contribution in [0.3, 0.4) is 0 Å². The van der Waals surface area contributed by atoms with Gasteiger partial charge in [0.25, 0.3) is 0 Å². The normalized spacial score (nSPS) is 13.0. The maximum Gasteiger partial charge on any atom is 0.0726 e. The zero-order chi connectivity index (χ0) is 45.9. The number of nitrogens with zero attached hydrogens (tertiary/aromatic N) is 2. The van der Waals surface area contributed by atoms with E-state index in [1.807, 2.05) is 11.3 Å². The molecule has 2 aliphatic rings. The van der Waals surface area contributed by atoms with E-state index in [-0.39, 0.29) is 0 Å². The molecule has 2 aromatic heterocycles. The lowest BCUT2D eigenvalue weighted by atomic mass is 9.70. The van der Waals surface area contributed by atoms with Crippen molar-refractivity contribution in [1.82, 2.24) is 4.57 Å². The van der Waals surface area contributed by atoms with Gasteiger partial charge in [-0.15, -0.1) is 11.3 Å². The van der Waals surface area contributed by atoms with Crippen LogP contribution >= 0.6 is 11.3 Å². The number of rotatable bonds is 6. The van der Waals surface area contributed by atoms with E-state index in [1.165, 1.54) is 109 Å². The number of anilines is 3. The minimum atomic E-state index is -0.450. The van der Waals surface area contributed by atoms with Crippen molar-refractivity contribution in [2.24, 2.45) is 0 Å². The molecule has 0 N–H and O–H groups in total. The minimum Gasteiger partial charge on any atom is -0.310 e. The van der Waals surface area contributed by atoms with Gasteiger partial charge in [0.05, 0.1) is 22.1 Å². The predicted molar refractivity (Wildman–Crippen MR) is 296 cm³/mol. The highest BCUT2D eigenvalue weighted by atomic mass is 32.1. The van der Waals surface area contributed by atoms with Gasteiger partial charge in [-0.05, 0) is 128 Å². The van der Waals surface area contributed by atoms with Gasteiger partial charge in [0.2, 0.25) is 0 Å². The number of hydrogen-bond acceptors (Lipinski definition) is 2. The molecule has 326 valence electrons. The highest BCUT2D eigenvalue weighted by Crippen LogP contribution is 2.64. The molecule has 13 aromatic rings. The average molecular weight is 907 g/mol. The van der Waals surface area contributed by atoms with E-state index in [9.17, 15) is 0 Å². The van der Waals surface area contributed by atoms with Gasteiger partial charge in [0.1, 0.15) is 0 Å². The quantitative estimate of drug-likeness (QED) is 0.161. The molecule has 0 saturated carbocycles. The molecular formula is C67H42N2S. The third-order valence-corrected chi connectivity index (χ3v) is 16.4. The Bertz CT molecular complexity index is 4190. The summed E-state index contributed by atoms with van der Waals surface area (Å²) in [4.78, 5) is 2.50. The second kappa shape index (κ2) is 15.1. The lowest BCUT2D eigenvalue weighted by Crippen LogP contribution is -2.26. The summed E-state index contributed by atoms with van der Waals surface area (Å²) in [6, 6.07) is 94.7. The van der Waals surface area contributed by atoms with Crippen molar-refractivity contribution in [3.63, 3.8) is 0 Å². The summed E-state index contributed by atoms with van der Waals surface area (Å²) >= 11 is 1.87. The van der Waals surface area contributed by atoms with Crippen LogP contribution in [0.1, 0.15) is 22.3 Å². The number of benzene rings is 11. The summed E-state index contributed by atoms with van der Waals surface area (Å²) in [6.07, 6.45) is 0. The van der Waals surface area contributed by atoms with E-state index < -0.39 is 5.41 Å². The Hall–Kier alpha value is -8.76. The second-order valence-electron chi connectivity index (χ2n) is 18.7. The van der Waals surface area contributed by atoms with Crippen LogP contribution in [0.2, 0.25) is 0 Å². The molecule has 0 aliphatic heterocycles. The highest BCUT2D eigenvalue weighted by Gasteiger charge is 2.52. The molecule has 2 nitrogen and oxygen atoms in total. The molecule has 1 spiro atoms. The first-order chi connectivity index (χ1) is 34.8. The van der Waals surface area contributed by atoms with Crippen LogP contribution in [-0.2, 0) is 5.41 Å². The van der Waals surface area contributed by atoms with Crippen LogP contribution in [0.5, 0.6) is 0 Å². The number of thiophene rings is 1. The van der Waals surface area contributed by atoms with Crippen LogP contribution in [0.15, 0.2) is 255 Å². The van der Waals surface area contributed by atoms with Crippen molar-refractivity contribution in [1.29, 1.82) is 0 Å². The number of aromatic nitrogens is 1. The van der Waals surface area contributed by atoms with Crippen molar-refractivity contribution in [2.45, 2.75) is 5.41 Å². The summed E-state index contributed by atoms with van der Waals surface area (Å²) in [5, 5.41) is 5.14. The van der Waals surface area contributed by atoms with Crippen LogP contribution in [0, 0.1) is 0 Å². The molecule has 0 amide bonds. The Morgan fingerprint density at radius 1 is 0.329 bits per heavy atom. The zero-order valence-corrected chi connectivity index (χ0v) is 38.9. The van der Waals surface area contributed by atoms with Crippen LogP contribution < -0.4 is 4.90 Å². The molecule has 0 fully saturated rings. The molecule has 2 aliphatic carbocycles. The highest BCUT2D eigenvalue weighted by molar-refractivity contribution is 7.25. The van der Waals surface area contributed by atoms with E-state index in [1.54, 1.807) is 0 Å². The van der Waals surface area contributed by atoms with Crippen molar-refractivity contribution in [2.75, 3.05) is 4.90 Å². The van der Waals surface area contributed by atoms with Crippen LogP contribution in [-0.4, -0.2) is 4.57 Å². The maximum atomic E-state index is 2.50. The summed E-state index contributed by atoms with van der Waals surface area (Å²) in [6.45, 7) is 0. The van der Waals surface area contributed by atoms with Gasteiger partial charge >= 0.3 is 0 Å². The first kappa shape index (κ1) is 39.3. The van der Waals surface area contributed by atoms with E-state index in [0.29, 0.717) is 0 Å². The monoisotopic (exact) mass is 906 g/mol. The predicted octanol–water partition coefficient (Wildman–Crippen LogP) is 18.3. The molecule has 15 rings (SSSR count). The van der Waals surface area contributed by atoms with Gasteiger partial charge in [-0.2, -0.15) is 0 Å². The SMILES string of the molecule is c1ccc(-n2c3ccccc3c3c(-c4ccc(N(c5ccc(-c6cccc7sc8ccccc8c67)cc5)c5cccc6c5-c5ccccc5C65c6ccccc6-c6ccccc65)cc4)cccc32)cc1. The molecule has 2 heterocycles. The van der Waals surface area contributed by atoms with E-state index in [4.69, 9.17) is 0 Å². The van der Waals surface area contributed by atoms with Gasteiger partial charge in [0.15, 0.2) is 0 Å². The average Bonchev–Trinajstić information content (AvgIpc) is 4.16. The molecule has 0 atom stereocenters. The topological polar surface area (TPSA) is 8.17 Å². The van der Waals surface area contributed by atoms with Gasteiger partial charge in [0, 0.05) is 53.6 Å². The Kier molecular flexibility index (Phi) is 8.48. The maximum absolute atomic E-state index is 2.50. The molecule has 11 aromatic carbocycles. The first-order valence-electron chi connectivity index (χ1n) is 24.2. The summed E-state index contributed by atoms with van der Waals surface area (Å²) in [5.74, 6) is 0. The largest absolute Gasteiger partial charge is 0.310 e. The molecule has 0 radical (unpaired) electrons. The van der Waals surface area contributed by atoms with Crippen molar-refractivity contribution in [3.05, 3.63) is 277 Å². The van der Waals surface area contributed by atoms with E-state index >= 15 is 0 Å². The third-order valence-electron chi connectivity index (χ3n) is 15.2. The van der Waals surface area contributed by atoms with Crippen molar-refractivity contribution >= 4 is 70.4 Å². The molecule has 0 bridgehead atoms. The first-order valence-corrected chi connectivity index (χ1v) is 25.0. The molecule has 0 saturated heterocycles. The zero-order valence-electron chi connectivity index (χ0n) is 38.1.